The number of hydrogen-bond acceptors (Lipinski definition) is 2. The average molecular weight is 322 g/mol. The predicted octanol–water partition coefficient (Wildman–Crippen LogP) is 4.27. The van der Waals surface area contributed by atoms with Crippen molar-refractivity contribution < 1.29 is 4.79 Å². The topological polar surface area (TPSA) is 32.3 Å². The van der Waals surface area contributed by atoms with Crippen LogP contribution >= 0.6 is 0 Å². The maximum Gasteiger partial charge on any atom is 0.228 e. The minimum absolute atomic E-state index is 0.0819. The van der Waals surface area contributed by atoms with Crippen LogP contribution in [0.1, 0.15) is 37.3 Å². The van der Waals surface area contributed by atoms with Gasteiger partial charge in [0.15, 0.2) is 0 Å². The maximum atomic E-state index is 12.5. The maximum absolute atomic E-state index is 12.5. The van der Waals surface area contributed by atoms with Gasteiger partial charge in [0.05, 0.1) is 5.92 Å². The predicted molar refractivity (Wildman–Crippen MR) is 99.0 cm³/mol. The summed E-state index contributed by atoms with van der Waals surface area (Å²) >= 11 is 0. The molecule has 1 fully saturated rings. The fraction of sp³-hybridized carbons (Fsp3) is 0.381. The largest absolute Gasteiger partial charge is 0.326 e. The molecule has 2 aromatic rings. The Morgan fingerprint density at radius 2 is 1.83 bits per heavy atom. The molecule has 3 rings (SSSR count). The molecule has 1 aliphatic heterocycles. The number of likely N-dealkylation sites (tertiary alicyclic amines) is 1. The van der Waals surface area contributed by atoms with Crippen molar-refractivity contribution in [3.63, 3.8) is 0 Å². The second-order valence-electron chi connectivity index (χ2n) is 6.97. The molecule has 0 radical (unpaired) electrons. The molecule has 0 aromatic heterocycles. The minimum atomic E-state index is 0.0819. The van der Waals surface area contributed by atoms with Crippen LogP contribution in [0.15, 0.2) is 54.6 Å². The Bertz CT molecular complexity index is 664. The zero-order chi connectivity index (χ0) is 16.9. The van der Waals surface area contributed by atoms with Gasteiger partial charge >= 0.3 is 0 Å². The van der Waals surface area contributed by atoms with Crippen LogP contribution in [-0.4, -0.2) is 23.9 Å². The highest BCUT2D eigenvalue weighted by Gasteiger charge is 2.28. The van der Waals surface area contributed by atoms with Crippen molar-refractivity contribution in [1.82, 2.24) is 4.90 Å². The van der Waals surface area contributed by atoms with Gasteiger partial charge in [-0.3, -0.25) is 9.69 Å². The molecular weight excluding hydrogens is 296 g/mol. The van der Waals surface area contributed by atoms with E-state index >= 15 is 0 Å². The molecule has 1 N–H and O–H groups in total. The van der Waals surface area contributed by atoms with E-state index in [2.05, 4.69) is 60.5 Å². The van der Waals surface area contributed by atoms with Crippen molar-refractivity contribution in [2.24, 2.45) is 5.92 Å². The third-order valence-corrected chi connectivity index (χ3v) is 4.74. The van der Waals surface area contributed by atoms with Crippen molar-refractivity contribution in [3.8, 4) is 0 Å². The first-order valence-corrected chi connectivity index (χ1v) is 8.79. The molecule has 1 saturated heterocycles. The van der Waals surface area contributed by atoms with Crippen LogP contribution in [0.25, 0.3) is 0 Å². The van der Waals surface area contributed by atoms with Gasteiger partial charge in [0.1, 0.15) is 0 Å². The van der Waals surface area contributed by atoms with Crippen molar-refractivity contribution in [3.05, 3.63) is 65.7 Å². The van der Waals surface area contributed by atoms with Gasteiger partial charge in [0, 0.05) is 18.8 Å². The van der Waals surface area contributed by atoms with Crippen molar-refractivity contribution >= 4 is 11.6 Å². The number of anilines is 1. The van der Waals surface area contributed by atoms with E-state index in [9.17, 15) is 4.79 Å². The van der Waals surface area contributed by atoms with Crippen LogP contribution in [0.2, 0.25) is 0 Å². The van der Waals surface area contributed by atoms with Crippen molar-refractivity contribution in [1.29, 1.82) is 0 Å². The molecular formula is C21H26N2O. The van der Waals surface area contributed by atoms with Gasteiger partial charge in [-0.05, 0) is 42.1 Å². The van der Waals surface area contributed by atoms with E-state index in [1.807, 2.05) is 18.2 Å². The van der Waals surface area contributed by atoms with Crippen LogP contribution < -0.4 is 5.32 Å². The second kappa shape index (κ2) is 7.63. The highest BCUT2D eigenvalue weighted by atomic mass is 16.1. The Balaban J connectivity index is 1.52. The van der Waals surface area contributed by atoms with Crippen LogP contribution in [0.5, 0.6) is 0 Å². The second-order valence-corrected chi connectivity index (χ2v) is 6.97. The highest BCUT2D eigenvalue weighted by Crippen LogP contribution is 2.22. The van der Waals surface area contributed by atoms with Gasteiger partial charge < -0.3 is 5.32 Å². The Hall–Kier alpha value is -2.13. The molecule has 1 heterocycles. The van der Waals surface area contributed by atoms with Crippen LogP contribution in [-0.2, 0) is 11.3 Å². The lowest BCUT2D eigenvalue weighted by molar-refractivity contribution is -0.119. The fourth-order valence-electron chi connectivity index (χ4n) is 3.23. The van der Waals surface area contributed by atoms with E-state index in [0.717, 1.165) is 31.7 Å². The number of nitrogens with zero attached hydrogens (tertiary/aromatic N) is 1. The molecule has 1 amide bonds. The Morgan fingerprint density at radius 1 is 1.12 bits per heavy atom. The number of amides is 1. The highest BCUT2D eigenvalue weighted by molar-refractivity contribution is 5.92. The van der Waals surface area contributed by atoms with Crippen LogP contribution in [0.4, 0.5) is 5.69 Å². The Labute approximate surface area is 144 Å². The lowest BCUT2D eigenvalue weighted by atomic mass is 10.0. The molecule has 3 heteroatoms. The lowest BCUT2D eigenvalue weighted by Gasteiger charge is -2.16. The zero-order valence-electron chi connectivity index (χ0n) is 14.5. The number of benzene rings is 2. The van der Waals surface area contributed by atoms with Gasteiger partial charge in [0.25, 0.3) is 0 Å². The molecule has 2 aromatic carbocycles. The fourth-order valence-corrected chi connectivity index (χ4v) is 3.23. The first-order chi connectivity index (χ1) is 11.6. The van der Waals surface area contributed by atoms with E-state index in [0.29, 0.717) is 5.92 Å². The summed E-state index contributed by atoms with van der Waals surface area (Å²) in [6.07, 6.45) is 0.933. The molecule has 3 nitrogen and oxygen atoms in total. The smallest absolute Gasteiger partial charge is 0.228 e. The van der Waals surface area contributed by atoms with Crippen molar-refractivity contribution in [2.75, 3.05) is 18.4 Å². The molecule has 126 valence electrons. The van der Waals surface area contributed by atoms with Gasteiger partial charge in [-0.2, -0.15) is 0 Å². The summed E-state index contributed by atoms with van der Waals surface area (Å²) in [5, 5.41) is 3.07. The van der Waals surface area contributed by atoms with E-state index in [-0.39, 0.29) is 11.8 Å². The third kappa shape index (κ3) is 4.24. The number of carbonyl (C=O) groups excluding carboxylic acids is 1. The number of rotatable bonds is 5. The van der Waals surface area contributed by atoms with Crippen molar-refractivity contribution in [2.45, 2.75) is 32.7 Å². The van der Waals surface area contributed by atoms with E-state index in [1.165, 1.54) is 11.1 Å². The molecule has 0 spiro atoms. The molecule has 0 saturated carbocycles. The molecule has 24 heavy (non-hydrogen) atoms. The SMILES string of the molecule is CC(C)c1ccc(NC(=O)C2CCN(Cc3ccccc3)C2)cc1. The summed E-state index contributed by atoms with van der Waals surface area (Å²) in [6.45, 7) is 7.10. The normalized spacial score (nSPS) is 18.0. The van der Waals surface area contributed by atoms with E-state index in [4.69, 9.17) is 0 Å². The zero-order valence-corrected chi connectivity index (χ0v) is 14.5. The summed E-state index contributed by atoms with van der Waals surface area (Å²) in [5.41, 5.74) is 3.50. The number of carbonyl (C=O) groups is 1. The van der Waals surface area contributed by atoms with Gasteiger partial charge in [-0.1, -0.05) is 56.3 Å². The van der Waals surface area contributed by atoms with Gasteiger partial charge in [0.2, 0.25) is 5.91 Å². The van der Waals surface area contributed by atoms with E-state index < -0.39 is 0 Å². The summed E-state index contributed by atoms with van der Waals surface area (Å²) in [6, 6.07) is 18.6. The Morgan fingerprint density at radius 3 is 2.50 bits per heavy atom. The minimum Gasteiger partial charge on any atom is -0.326 e. The molecule has 0 aliphatic carbocycles. The molecule has 1 unspecified atom stereocenters. The van der Waals surface area contributed by atoms with Gasteiger partial charge in [-0.15, -0.1) is 0 Å². The van der Waals surface area contributed by atoms with E-state index in [1.54, 1.807) is 0 Å². The summed E-state index contributed by atoms with van der Waals surface area (Å²) < 4.78 is 0. The standard InChI is InChI=1S/C21H26N2O/c1-16(2)18-8-10-20(11-9-18)22-21(24)19-12-13-23(15-19)14-17-6-4-3-5-7-17/h3-11,16,19H,12-15H2,1-2H3,(H,22,24). The monoisotopic (exact) mass is 322 g/mol. The molecule has 0 bridgehead atoms. The quantitative estimate of drug-likeness (QED) is 0.891. The van der Waals surface area contributed by atoms with Crippen LogP contribution in [0.3, 0.4) is 0 Å². The summed E-state index contributed by atoms with van der Waals surface area (Å²) in [5.74, 6) is 0.734. The molecule has 1 aliphatic rings. The summed E-state index contributed by atoms with van der Waals surface area (Å²) in [4.78, 5) is 14.9. The third-order valence-electron chi connectivity index (χ3n) is 4.74. The average Bonchev–Trinajstić information content (AvgIpc) is 3.05. The van der Waals surface area contributed by atoms with Gasteiger partial charge in [-0.25, -0.2) is 0 Å². The number of nitrogens with one attached hydrogen (secondary N) is 1. The first-order valence-electron chi connectivity index (χ1n) is 8.79. The number of hydrogen-bond donors (Lipinski definition) is 1. The summed E-state index contributed by atoms with van der Waals surface area (Å²) in [7, 11) is 0. The van der Waals surface area contributed by atoms with Crippen LogP contribution in [0, 0.1) is 5.92 Å². The molecule has 1 atom stereocenters. The first kappa shape index (κ1) is 16.7. The lowest BCUT2D eigenvalue weighted by Crippen LogP contribution is -2.26. The Kier molecular flexibility index (Phi) is 5.31.